The fourth-order valence-corrected chi connectivity index (χ4v) is 3.42. The maximum atomic E-state index is 10.8. The Balaban J connectivity index is 1.55. The zero-order valence-electron chi connectivity index (χ0n) is 12.4. The molecule has 0 spiro atoms. The Morgan fingerprint density at radius 1 is 1.29 bits per heavy atom. The number of anilines is 1. The second kappa shape index (κ2) is 6.01. The van der Waals surface area contributed by atoms with Gasteiger partial charge in [-0.1, -0.05) is 6.92 Å². The van der Waals surface area contributed by atoms with Crippen LogP contribution in [-0.4, -0.2) is 58.3 Å². The van der Waals surface area contributed by atoms with Gasteiger partial charge in [0.25, 0.3) is 5.95 Å². The molecule has 0 aliphatic carbocycles. The first-order chi connectivity index (χ1) is 10.1. The van der Waals surface area contributed by atoms with Gasteiger partial charge in [0.1, 0.15) is 0 Å². The van der Waals surface area contributed by atoms with Gasteiger partial charge >= 0.3 is 11.9 Å². The van der Waals surface area contributed by atoms with Crippen LogP contribution >= 0.6 is 0 Å². The van der Waals surface area contributed by atoms with Gasteiger partial charge in [0.2, 0.25) is 0 Å². The van der Waals surface area contributed by atoms with Crippen LogP contribution in [0.4, 0.5) is 5.95 Å². The van der Waals surface area contributed by atoms with E-state index in [1.807, 2.05) is 4.90 Å². The molecule has 3 rings (SSSR count). The molecule has 0 saturated carbocycles. The fourth-order valence-electron chi connectivity index (χ4n) is 3.42. The highest BCUT2D eigenvalue weighted by atomic mass is 16.5. The Labute approximate surface area is 123 Å². The second-order valence-corrected chi connectivity index (χ2v) is 6.17. The number of aromatic nitrogens is 2. The highest BCUT2D eigenvalue weighted by Crippen LogP contribution is 2.25. The quantitative estimate of drug-likeness (QED) is 0.903. The molecular weight excluding hydrogens is 272 g/mol. The summed E-state index contributed by atoms with van der Waals surface area (Å²) in [7, 11) is 0. The lowest BCUT2D eigenvalue weighted by Crippen LogP contribution is -2.48. The smallest absolute Gasteiger partial charge is 0.394 e. The molecule has 21 heavy (non-hydrogen) atoms. The van der Waals surface area contributed by atoms with Crippen LogP contribution in [0.5, 0.6) is 0 Å². The van der Waals surface area contributed by atoms with Crippen molar-refractivity contribution in [3.05, 3.63) is 5.89 Å². The average Bonchev–Trinajstić information content (AvgIpc) is 2.97. The Morgan fingerprint density at radius 2 is 2.05 bits per heavy atom. The summed E-state index contributed by atoms with van der Waals surface area (Å²) >= 11 is 0. The summed E-state index contributed by atoms with van der Waals surface area (Å²) in [5, 5.41) is 12.6. The van der Waals surface area contributed by atoms with E-state index in [9.17, 15) is 4.79 Å². The SMILES string of the molecule is C[C@@H]1CCCN(C2CCN(c3noc(C(=O)O)n3)CC2)C1. The van der Waals surface area contributed by atoms with Crippen molar-refractivity contribution in [1.29, 1.82) is 0 Å². The third-order valence-corrected chi connectivity index (χ3v) is 4.55. The molecule has 116 valence electrons. The van der Waals surface area contributed by atoms with Crippen LogP contribution < -0.4 is 4.90 Å². The molecule has 2 aliphatic heterocycles. The van der Waals surface area contributed by atoms with E-state index in [0.29, 0.717) is 12.0 Å². The molecule has 2 aliphatic rings. The van der Waals surface area contributed by atoms with Crippen molar-refractivity contribution in [3.8, 4) is 0 Å². The van der Waals surface area contributed by atoms with E-state index < -0.39 is 5.97 Å². The van der Waals surface area contributed by atoms with Gasteiger partial charge in [0.05, 0.1) is 0 Å². The van der Waals surface area contributed by atoms with Gasteiger partial charge in [-0.2, -0.15) is 4.98 Å². The summed E-state index contributed by atoms with van der Waals surface area (Å²) in [6.45, 7) is 6.45. The first-order valence-electron chi connectivity index (χ1n) is 7.69. The van der Waals surface area contributed by atoms with Gasteiger partial charge in [-0.15, -0.1) is 0 Å². The predicted octanol–water partition coefficient (Wildman–Crippen LogP) is 1.47. The molecule has 1 aromatic rings. The molecule has 7 heteroatoms. The normalized spacial score (nSPS) is 25.2. The number of hydrogen-bond donors (Lipinski definition) is 1. The first-order valence-corrected chi connectivity index (χ1v) is 7.69. The summed E-state index contributed by atoms with van der Waals surface area (Å²) in [6, 6.07) is 0.634. The van der Waals surface area contributed by atoms with E-state index in [0.717, 1.165) is 31.8 Å². The summed E-state index contributed by atoms with van der Waals surface area (Å²) in [6.07, 6.45) is 4.79. The molecule has 7 nitrogen and oxygen atoms in total. The maximum absolute atomic E-state index is 10.8. The topological polar surface area (TPSA) is 82.7 Å². The molecule has 0 radical (unpaired) electrons. The van der Waals surface area contributed by atoms with Crippen molar-refractivity contribution in [3.63, 3.8) is 0 Å². The molecule has 2 fully saturated rings. The van der Waals surface area contributed by atoms with Gasteiger partial charge < -0.3 is 14.5 Å². The van der Waals surface area contributed by atoms with Crippen LogP contribution in [0.3, 0.4) is 0 Å². The van der Waals surface area contributed by atoms with Gasteiger partial charge in [-0.05, 0) is 43.3 Å². The molecular formula is C14H22N4O3. The molecule has 0 unspecified atom stereocenters. The van der Waals surface area contributed by atoms with Crippen LogP contribution in [0.2, 0.25) is 0 Å². The monoisotopic (exact) mass is 294 g/mol. The zero-order valence-corrected chi connectivity index (χ0v) is 12.4. The number of carboxylic acid groups (broad SMARTS) is 1. The van der Waals surface area contributed by atoms with Gasteiger partial charge in [-0.3, -0.25) is 4.90 Å². The molecule has 2 saturated heterocycles. The number of carbonyl (C=O) groups is 1. The lowest BCUT2D eigenvalue weighted by atomic mass is 9.95. The minimum atomic E-state index is -1.18. The van der Waals surface area contributed by atoms with Gasteiger partial charge in [0, 0.05) is 25.7 Å². The average molecular weight is 294 g/mol. The molecule has 1 N–H and O–H groups in total. The lowest BCUT2D eigenvalue weighted by Gasteiger charge is -2.41. The van der Waals surface area contributed by atoms with Crippen molar-refractivity contribution in [2.24, 2.45) is 5.92 Å². The molecule has 0 aromatic carbocycles. The number of aromatic carboxylic acids is 1. The summed E-state index contributed by atoms with van der Waals surface area (Å²) < 4.78 is 4.72. The molecule has 0 bridgehead atoms. The number of likely N-dealkylation sites (tertiary alicyclic amines) is 1. The number of nitrogens with zero attached hydrogens (tertiary/aromatic N) is 4. The van der Waals surface area contributed by atoms with Crippen LogP contribution in [0.15, 0.2) is 4.52 Å². The number of hydrogen-bond acceptors (Lipinski definition) is 6. The zero-order chi connectivity index (χ0) is 14.8. The van der Waals surface area contributed by atoms with Crippen LogP contribution in [0.1, 0.15) is 43.3 Å². The third kappa shape index (κ3) is 3.18. The van der Waals surface area contributed by atoms with Crippen LogP contribution in [-0.2, 0) is 0 Å². The molecule has 3 heterocycles. The Morgan fingerprint density at radius 3 is 2.67 bits per heavy atom. The predicted molar refractivity (Wildman–Crippen MR) is 76.5 cm³/mol. The summed E-state index contributed by atoms with van der Waals surface area (Å²) in [5.74, 6) is -0.312. The number of carboxylic acids is 1. The van der Waals surface area contributed by atoms with E-state index in [1.54, 1.807) is 0 Å². The van der Waals surface area contributed by atoms with Crippen molar-refractivity contribution in [2.75, 3.05) is 31.1 Å². The van der Waals surface area contributed by atoms with E-state index in [2.05, 4.69) is 22.0 Å². The van der Waals surface area contributed by atoms with Crippen molar-refractivity contribution < 1.29 is 14.4 Å². The highest BCUT2D eigenvalue weighted by molar-refractivity contribution is 5.82. The van der Waals surface area contributed by atoms with E-state index >= 15 is 0 Å². The molecule has 0 amide bonds. The minimum absolute atomic E-state index is 0.336. The lowest BCUT2D eigenvalue weighted by molar-refractivity contribution is 0.0643. The second-order valence-electron chi connectivity index (χ2n) is 6.17. The van der Waals surface area contributed by atoms with Crippen LogP contribution in [0, 0.1) is 5.92 Å². The Hall–Kier alpha value is -1.63. The van der Waals surface area contributed by atoms with E-state index in [-0.39, 0.29) is 5.89 Å². The van der Waals surface area contributed by atoms with Gasteiger partial charge in [-0.25, -0.2) is 4.79 Å². The Bertz CT molecular complexity index is 496. The summed E-state index contributed by atoms with van der Waals surface area (Å²) in [5.41, 5.74) is 0. The summed E-state index contributed by atoms with van der Waals surface area (Å²) in [4.78, 5) is 19.3. The van der Waals surface area contributed by atoms with Gasteiger partial charge in [0.15, 0.2) is 0 Å². The Kier molecular flexibility index (Phi) is 4.10. The highest BCUT2D eigenvalue weighted by Gasteiger charge is 2.29. The van der Waals surface area contributed by atoms with Crippen molar-refractivity contribution in [1.82, 2.24) is 15.0 Å². The minimum Gasteiger partial charge on any atom is -0.474 e. The number of piperidine rings is 2. The van der Waals surface area contributed by atoms with Crippen LogP contribution in [0.25, 0.3) is 0 Å². The van der Waals surface area contributed by atoms with E-state index in [1.165, 1.54) is 25.9 Å². The largest absolute Gasteiger partial charge is 0.474 e. The standard InChI is InChI=1S/C14H22N4O3/c1-10-3-2-6-18(9-10)11-4-7-17(8-5-11)14-15-12(13(19)20)21-16-14/h10-11H,2-9H2,1H3,(H,19,20)/t10-/m1/s1. The maximum Gasteiger partial charge on any atom is 0.394 e. The van der Waals surface area contributed by atoms with E-state index in [4.69, 9.17) is 9.63 Å². The number of rotatable bonds is 3. The van der Waals surface area contributed by atoms with Crippen molar-refractivity contribution in [2.45, 2.75) is 38.6 Å². The molecule has 1 aromatic heterocycles. The fraction of sp³-hybridized carbons (Fsp3) is 0.786. The molecule has 1 atom stereocenters. The first kappa shape index (κ1) is 14.3. The van der Waals surface area contributed by atoms with Crippen molar-refractivity contribution >= 4 is 11.9 Å². The third-order valence-electron chi connectivity index (χ3n) is 4.55.